The first-order chi connectivity index (χ1) is 11.6. The molecule has 25 heavy (non-hydrogen) atoms. The Bertz CT molecular complexity index is 818. The molecule has 0 unspecified atom stereocenters. The second kappa shape index (κ2) is 6.01. The van der Waals surface area contributed by atoms with Crippen molar-refractivity contribution < 1.29 is 23.1 Å². The summed E-state index contributed by atoms with van der Waals surface area (Å²) in [6, 6.07) is 7.04. The van der Waals surface area contributed by atoms with E-state index >= 15 is 0 Å². The molecule has 1 amide bonds. The summed E-state index contributed by atoms with van der Waals surface area (Å²) in [5.74, 6) is -2.27. The molecule has 2 N–H and O–H groups in total. The number of sulfonamides is 1. The monoisotopic (exact) mass is 366 g/mol. The van der Waals surface area contributed by atoms with E-state index in [2.05, 4.69) is 5.32 Å². The average Bonchev–Trinajstić information content (AvgIpc) is 2.93. The lowest BCUT2D eigenvalue weighted by Gasteiger charge is -2.17. The molecule has 1 aromatic carbocycles. The lowest BCUT2D eigenvalue weighted by Crippen LogP contribution is -2.27. The number of rotatable bonds is 5. The maximum atomic E-state index is 12.3. The van der Waals surface area contributed by atoms with E-state index in [-0.39, 0.29) is 18.2 Å². The average molecular weight is 366 g/mol. The van der Waals surface area contributed by atoms with E-state index in [0.29, 0.717) is 18.7 Å². The van der Waals surface area contributed by atoms with Gasteiger partial charge in [0.25, 0.3) is 0 Å². The van der Waals surface area contributed by atoms with Crippen LogP contribution in [-0.4, -0.2) is 37.7 Å². The van der Waals surface area contributed by atoms with Gasteiger partial charge in [-0.25, -0.2) is 8.42 Å². The summed E-state index contributed by atoms with van der Waals surface area (Å²) in [7, 11) is -3.24. The Morgan fingerprint density at radius 3 is 2.60 bits per heavy atom. The van der Waals surface area contributed by atoms with Crippen LogP contribution < -0.4 is 9.62 Å². The number of amides is 1. The molecule has 1 aliphatic carbocycles. The highest BCUT2D eigenvalue weighted by Crippen LogP contribution is 2.58. The van der Waals surface area contributed by atoms with E-state index in [1.165, 1.54) is 4.31 Å². The minimum Gasteiger partial charge on any atom is -0.481 e. The lowest BCUT2D eigenvalue weighted by molar-refractivity contribution is -0.140. The fourth-order valence-electron chi connectivity index (χ4n) is 3.64. The van der Waals surface area contributed by atoms with Gasteiger partial charge in [0.2, 0.25) is 15.9 Å². The maximum absolute atomic E-state index is 12.3. The van der Waals surface area contributed by atoms with Gasteiger partial charge in [0.1, 0.15) is 0 Å². The molecule has 2 aliphatic rings. The number of carboxylic acids is 1. The van der Waals surface area contributed by atoms with Crippen molar-refractivity contribution in [1.82, 2.24) is 5.32 Å². The molecule has 0 aromatic heterocycles. The SMILES string of the molecule is CC1(C)[C@H](C(=O)O)[C@@H]1C(=O)NCc1cccc(N2CCCS2(=O)=O)c1. The van der Waals surface area contributed by atoms with Crippen LogP contribution in [0.25, 0.3) is 0 Å². The summed E-state index contributed by atoms with van der Waals surface area (Å²) in [5, 5.41) is 11.9. The number of hydrogen-bond acceptors (Lipinski definition) is 4. The Balaban J connectivity index is 1.66. The topological polar surface area (TPSA) is 104 Å². The van der Waals surface area contributed by atoms with Gasteiger partial charge in [0.15, 0.2) is 0 Å². The van der Waals surface area contributed by atoms with E-state index < -0.39 is 33.2 Å². The Hall–Kier alpha value is -2.09. The van der Waals surface area contributed by atoms with E-state index in [9.17, 15) is 18.0 Å². The molecule has 7 nitrogen and oxygen atoms in total. The number of hydrogen-bond donors (Lipinski definition) is 2. The number of carbonyl (C=O) groups is 2. The number of benzene rings is 1. The van der Waals surface area contributed by atoms with E-state index in [1.807, 2.05) is 0 Å². The van der Waals surface area contributed by atoms with Gasteiger partial charge >= 0.3 is 5.97 Å². The third kappa shape index (κ3) is 3.22. The molecule has 0 radical (unpaired) electrons. The fourth-order valence-corrected chi connectivity index (χ4v) is 5.19. The van der Waals surface area contributed by atoms with E-state index in [4.69, 9.17) is 5.11 Å². The first-order valence-electron chi connectivity index (χ1n) is 8.24. The highest BCUT2D eigenvalue weighted by atomic mass is 32.2. The standard InChI is InChI=1S/C17H22N2O5S/c1-17(2)13(14(17)16(21)22)15(20)18-10-11-5-3-6-12(9-11)19-7-4-8-25(19,23)24/h3,5-6,9,13-14H,4,7-8,10H2,1-2H3,(H,18,20)(H,21,22)/t13-,14+/m1/s1. The highest BCUT2D eigenvalue weighted by Gasteiger charge is 2.65. The number of aliphatic carboxylic acids is 1. The summed E-state index contributed by atoms with van der Waals surface area (Å²) < 4.78 is 25.4. The van der Waals surface area contributed by atoms with E-state index in [0.717, 1.165) is 5.56 Å². The normalized spacial score (nSPS) is 26.2. The first kappa shape index (κ1) is 17.7. The number of nitrogens with one attached hydrogen (secondary N) is 1. The smallest absolute Gasteiger partial charge is 0.307 e. The predicted molar refractivity (Wildman–Crippen MR) is 92.4 cm³/mol. The van der Waals surface area contributed by atoms with Crippen LogP contribution in [0.1, 0.15) is 25.8 Å². The number of nitrogens with zero attached hydrogens (tertiary/aromatic N) is 1. The highest BCUT2D eigenvalue weighted by molar-refractivity contribution is 7.93. The Labute approximate surface area is 147 Å². The minimum atomic E-state index is -3.24. The van der Waals surface area contributed by atoms with Crippen LogP contribution in [0.15, 0.2) is 24.3 Å². The second-order valence-electron chi connectivity index (χ2n) is 7.24. The Kier molecular flexibility index (Phi) is 4.26. The van der Waals surface area contributed by atoms with Gasteiger partial charge in [-0.05, 0) is 29.5 Å². The van der Waals surface area contributed by atoms with Gasteiger partial charge in [-0.1, -0.05) is 26.0 Å². The first-order valence-corrected chi connectivity index (χ1v) is 9.85. The summed E-state index contributed by atoms with van der Waals surface area (Å²) in [6.45, 7) is 4.25. The van der Waals surface area contributed by atoms with Crippen LogP contribution >= 0.6 is 0 Å². The molecule has 2 atom stereocenters. The van der Waals surface area contributed by atoms with Gasteiger partial charge in [0.05, 0.1) is 23.3 Å². The maximum Gasteiger partial charge on any atom is 0.307 e. The molecule has 8 heteroatoms. The zero-order valence-electron chi connectivity index (χ0n) is 14.2. The zero-order chi connectivity index (χ0) is 18.4. The molecular weight excluding hydrogens is 344 g/mol. The summed E-state index contributed by atoms with van der Waals surface area (Å²) in [5.41, 5.74) is 0.833. The molecular formula is C17H22N2O5S. The van der Waals surface area contributed by atoms with Crippen LogP contribution in [0.2, 0.25) is 0 Å². The molecule has 0 bridgehead atoms. The third-order valence-corrected chi connectivity index (χ3v) is 7.01. The Morgan fingerprint density at radius 2 is 2.04 bits per heavy atom. The van der Waals surface area contributed by atoms with Gasteiger partial charge < -0.3 is 10.4 Å². The summed E-state index contributed by atoms with van der Waals surface area (Å²) in [4.78, 5) is 23.4. The largest absolute Gasteiger partial charge is 0.481 e. The van der Waals surface area contributed by atoms with Crippen molar-refractivity contribution in [2.75, 3.05) is 16.6 Å². The van der Waals surface area contributed by atoms with Crippen LogP contribution in [0.4, 0.5) is 5.69 Å². The second-order valence-corrected chi connectivity index (χ2v) is 9.26. The van der Waals surface area contributed by atoms with Crippen LogP contribution in [0.5, 0.6) is 0 Å². The van der Waals surface area contributed by atoms with Crippen molar-refractivity contribution in [3.63, 3.8) is 0 Å². The molecule has 3 rings (SSSR count). The van der Waals surface area contributed by atoms with Gasteiger partial charge in [0, 0.05) is 13.1 Å². The molecule has 136 valence electrons. The fraction of sp³-hybridized carbons (Fsp3) is 0.529. The summed E-state index contributed by atoms with van der Waals surface area (Å²) >= 11 is 0. The van der Waals surface area contributed by atoms with Gasteiger partial charge in [-0.15, -0.1) is 0 Å². The quantitative estimate of drug-likeness (QED) is 0.815. The number of anilines is 1. The van der Waals surface area contributed by atoms with Crippen molar-refractivity contribution in [2.45, 2.75) is 26.8 Å². The van der Waals surface area contributed by atoms with E-state index in [1.54, 1.807) is 38.1 Å². The predicted octanol–water partition coefficient (Wildman–Crippen LogP) is 1.20. The molecule has 1 aliphatic heterocycles. The molecule has 1 saturated heterocycles. The van der Waals surface area contributed by atoms with Crippen molar-refractivity contribution >= 4 is 27.6 Å². The van der Waals surface area contributed by atoms with Crippen molar-refractivity contribution in [1.29, 1.82) is 0 Å². The van der Waals surface area contributed by atoms with Crippen molar-refractivity contribution in [3.05, 3.63) is 29.8 Å². The lowest BCUT2D eigenvalue weighted by atomic mass is 10.1. The third-order valence-electron chi connectivity index (χ3n) is 5.14. The molecule has 1 saturated carbocycles. The van der Waals surface area contributed by atoms with Crippen molar-refractivity contribution in [2.24, 2.45) is 17.3 Å². The van der Waals surface area contributed by atoms with Crippen molar-refractivity contribution in [3.8, 4) is 0 Å². The minimum absolute atomic E-state index is 0.154. The molecule has 1 heterocycles. The molecule has 2 fully saturated rings. The van der Waals surface area contributed by atoms with Gasteiger partial charge in [-0.2, -0.15) is 0 Å². The summed E-state index contributed by atoms with van der Waals surface area (Å²) in [6.07, 6.45) is 0.608. The zero-order valence-corrected chi connectivity index (χ0v) is 15.0. The molecule has 1 aromatic rings. The molecule has 0 spiro atoms. The van der Waals surface area contributed by atoms with Gasteiger partial charge in [-0.3, -0.25) is 13.9 Å². The Morgan fingerprint density at radius 1 is 1.32 bits per heavy atom. The number of carbonyl (C=O) groups excluding carboxylic acids is 1. The van der Waals surface area contributed by atoms with Crippen LogP contribution in [0.3, 0.4) is 0 Å². The number of carboxylic acid groups (broad SMARTS) is 1. The van der Waals surface area contributed by atoms with Crippen LogP contribution in [-0.2, 0) is 26.2 Å². The van der Waals surface area contributed by atoms with Crippen LogP contribution in [0, 0.1) is 17.3 Å².